The zero-order valence-electron chi connectivity index (χ0n) is 12.2. The van der Waals surface area contributed by atoms with Gasteiger partial charge in [0.2, 0.25) is 0 Å². The number of ether oxygens (including phenoxy) is 1. The monoisotopic (exact) mass is 282 g/mol. The molecule has 0 spiro atoms. The van der Waals surface area contributed by atoms with Crippen LogP contribution in [-0.2, 0) is 9.53 Å². The third-order valence-corrected chi connectivity index (χ3v) is 3.65. The van der Waals surface area contributed by atoms with Gasteiger partial charge in [0.1, 0.15) is 6.10 Å². The maximum Gasteiger partial charge on any atom is 0.305 e. The van der Waals surface area contributed by atoms with Crippen molar-refractivity contribution >= 4 is 5.97 Å². The second kappa shape index (κ2) is 5.87. The van der Waals surface area contributed by atoms with Crippen LogP contribution in [0.25, 0.3) is 0 Å². The van der Waals surface area contributed by atoms with Gasteiger partial charge in [-0.15, -0.1) is 5.10 Å². The summed E-state index contributed by atoms with van der Waals surface area (Å²) in [7, 11) is 0. The van der Waals surface area contributed by atoms with Crippen LogP contribution >= 0.6 is 0 Å². The Hall–Kier alpha value is -1.50. The molecule has 2 atom stereocenters. The first kappa shape index (κ1) is 14.9. The number of hydrogen-bond donors (Lipinski definition) is 1. The van der Waals surface area contributed by atoms with Gasteiger partial charge in [-0.25, -0.2) is 4.68 Å². The van der Waals surface area contributed by atoms with E-state index in [-0.39, 0.29) is 24.0 Å². The summed E-state index contributed by atoms with van der Waals surface area (Å²) in [6.07, 6.45) is 2.88. The van der Waals surface area contributed by atoms with Crippen LogP contribution in [0.5, 0.6) is 0 Å². The Kier molecular flexibility index (Phi) is 4.37. The molecule has 7 nitrogen and oxygen atoms in total. The van der Waals surface area contributed by atoms with Crippen LogP contribution in [0.3, 0.4) is 0 Å². The fourth-order valence-electron chi connectivity index (χ4n) is 2.50. The Morgan fingerprint density at radius 1 is 1.50 bits per heavy atom. The zero-order chi connectivity index (χ0) is 14.8. The van der Waals surface area contributed by atoms with Crippen LogP contribution in [0.1, 0.15) is 64.4 Å². The minimum atomic E-state index is -0.851. The Bertz CT molecular complexity index is 460. The van der Waals surface area contributed by atoms with Crippen LogP contribution in [0, 0.1) is 5.41 Å². The summed E-state index contributed by atoms with van der Waals surface area (Å²) >= 11 is 0. The molecule has 1 aromatic rings. The highest BCUT2D eigenvalue weighted by Crippen LogP contribution is 2.36. The third kappa shape index (κ3) is 3.33. The van der Waals surface area contributed by atoms with Gasteiger partial charge in [-0.1, -0.05) is 20.8 Å². The second-order valence-electron chi connectivity index (χ2n) is 6.32. The first-order valence-electron chi connectivity index (χ1n) is 7.00. The van der Waals surface area contributed by atoms with Gasteiger partial charge >= 0.3 is 5.97 Å². The SMILES string of the molecule is CC(C)(C)C(CC(=O)O)n1nnnc1C1CCCCO1. The van der Waals surface area contributed by atoms with Crippen molar-refractivity contribution in [3.8, 4) is 0 Å². The summed E-state index contributed by atoms with van der Waals surface area (Å²) in [4.78, 5) is 11.1. The molecule has 2 unspecified atom stereocenters. The fraction of sp³-hybridized carbons (Fsp3) is 0.846. The summed E-state index contributed by atoms with van der Waals surface area (Å²) in [5.74, 6) is -0.207. The van der Waals surface area contributed by atoms with E-state index in [4.69, 9.17) is 9.84 Å². The van der Waals surface area contributed by atoms with Crippen molar-refractivity contribution in [1.29, 1.82) is 0 Å². The van der Waals surface area contributed by atoms with Gasteiger partial charge in [-0.2, -0.15) is 0 Å². The zero-order valence-corrected chi connectivity index (χ0v) is 12.2. The van der Waals surface area contributed by atoms with Crippen molar-refractivity contribution in [2.24, 2.45) is 5.41 Å². The molecular weight excluding hydrogens is 260 g/mol. The van der Waals surface area contributed by atoms with Crippen LogP contribution in [0.4, 0.5) is 0 Å². The van der Waals surface area contributed by atoms with E-state index >= 15 is 0 Å². The number of hydrogen-bond acceptors (Lipinski definition) is 5. The number of carboxylic acids is 1. The predicted molar refractivity (Wildman–Crippen MR) is 71.1 cm³/mol. The molecule has 2 heterocycles. The van der Waals surface area contributed by atoms with Gasteiger partial charge in [0.15, 0.2) is 5.82 Å². The number of carbonyl (C=O) groups is 1. The molecule has 1 fully saturated rings. The normalized spacial score (nSPS) is 21.6. The summed E-state index contributed by atoms with van der Waals surface area (Å²) in [5, 5.41) is 21.0. The number of tetrazole rings is 1. The predicted octanol–water partition coefficient (Wildman–Crippen LogP) is 1.98. The van der Waals surface area contributed by atoms with E-state index in [2.05, 4.69) is 15.5 Å². The minimum Gasteiger partial charge on any atom is -0.481 e. The summed E-state index contributed by atoms with van der Waals surface area (Å²) in [5.41, 5.74) is -0.253. The molecule has 1 aromatic heterocycles. The average molecular weight is 282 g/mol. The van der Waals surface area contributed by atoms with Crippen molar-refractivity contribution in [3.63, 3.8) is 0 Å². The molecule has 0 amide bonds. The van der Waals surface area contributed by atoms with Crippen molar-refractivity contribution in [1.82, 2.24) is 20.2 Å². The number of carboxylic acid groups (broad SMARTS) is 1. The van der Waals surface area contributed by atoms with Gasteiger partial charge in [-0.05, 0) is 35.1 Å². The van der Waals surface area contributed by atoms with E-state index in [9.17, 15) is 4.79 Å². The maximum absolute atomic E-state index is 11.1. The van der Waals surface area contributed by atoms with E-state index in [1.54, 1.807) is 4.68 Å². The Morgan fingerprint density at radius 3 is 2.80 bits per heavy atom. The molecule has 0 aromatic carbocycles. The molecule has 1 aliphatic rings. The van der Waals surface area contributed by atoms with Crippen LogP contribution in [0.2, 0.25) is 0 Å². The van der Waals surface area contributed by atoms with Crippen molar-refractivity contribution < 1.29 is 14.6 Å². The first-order chi connectivity index (χ1) is 9.39. The highest BCUT2D eigenvalue weighted by molar-refractivity contribution is 5.67. The Balaban J connectivity index is 2.29. The lowest BCUT2D eigenvalue weighted by atomic mass is 9.84. The Morgan fingerprint density at radius 2 is 2.25 bits per heavy atom. The minimum absolute atomic E-state index is 0.00569. The van der Waals surface area contributed by atoms with Gasteiger partial charge in [0, 0.05) is 6.61 Å². The van der Waals surface area contributed by atoms with E-state index in [1.807, 2.05) is 20.8 Å². The fourth-order valence-corrected chi connectivity index (χ4v) is 2.50. The highest BCUT2D eigenvalue weighted by atomic mass is 16.5. The number of rotatable bonds is 4. The summed E-state index contributed by atoms with van der Waals surface area (Å²) in [6.45, 7) is 6.69. The molecule has 1 aliphatic heterocycles. The van der Waals surface area contributed by atoms with Crippen molar-refractivity contribution in [3.05, 3.63) is 5.82 Å². The van der Waals surface area contributed by atoms with E-state index in [0.717, 1.165) is 19.3 Å². The molecule has 0 bridgehead atoms. The Labute approximate surface area is 118 Å². The molecule has 0 aliphatic carbocycles. The summed E-state index contributed by atoms with van der Waals surface area (Å²) < 4.78 is 7.36. The highest BCUT2D eigenvalue weighted by Gasteiger charge is 2.34. The van der Waals surface area contributed by atoms with Gasteiger partial charge in [-0.3, -0.25) is 4.79 Å². The molecule has 7 heteroatoms. The van der Waals surface area contributed by atoms with Gasteiger partial charge < -0.3 is 9.84 Å². The van der Waals surface area contributed by atoms with E-state index in [1.165, 1.54) is 0 Å². The molecule has 1 N–H and O–H groups in total. The van der Waals surface area contributed by atoms with Gasteiger partial charge in [0.05, 0.1) is 12.5 Å². The summed E-state index contributed by atoms with van der Waals surface area (Å²) in [6, 6.07) is -0.296. The van der Waals surface area contributed by atoms with E-state index < -0.39 is 5.97 Å². The topological polar surface area (TPSA) is 90.1 Å². The third-order valence-electron chi connectivity index (χ3n) is 3.65. The van der Waals surface area contributed by atoms with Crippen LogP contribution < -0.4 is 0 Å². The largest absolute Gasteiger partial charge is 0.481 e. The van der Waals surface area contributed by atoms with Crippen molar-refractivity contribution in [2.75, 3.05) is 6.61 Å². The first-order valence-corrected chi connectivity index (χ1v) is 7.00. The second-order valence-corrected chi connectivity index (χ2v) is 6.32. The maximum atomic E-state index is 11.1. The quantitative estimate of drug-likeness (QED) is 0.908. The van der Waals surface area contributed by atoms with Crippen LogP contribution in [-0.4, -0.2) is 37.9 Å². The average Bonchev–Trinajstić information content (AvgIpc) is 2.84. The lowest BCUT2D eigenvalue weighted by Gasteiger charge is -2.31. The van der Waals surface area contributed by atoms with Crippen molar-refractivity contribution in [2.45, 2.75) is 58.6 Å². The smallest absolute Gasteiger partial charge is 0.305 e. The number of aliphatic carboxylic acids is 1. The van der Waals surface area contributed by atoms with Gasteiger partial charge in [0.25, 0.3) is 0 Å². The molecule has 0 saturated carbocycles. The lowest BCUT2D eigenvalue weighted by Crippen LogP contribution is -2.30. The lowest BCUT2D eigenvalue weighted by molar-refractivity contribution is -0.139. The molecule has 20 heavy (non-hydrogen) atoms. The van der Waals surface area contributed by atoms with Crippen LogP contribution in [0.15, 0.2) is 0 Å². The van der Waals surface area contributed by atoms with E-state index in [0.29, 0.717) is 12.4 Å². The number of aromatic nitrogens is 4. The molecule has 0 radical (unpaired) electrons. The molecular formula is C13H22N4O3. The molecule has 1 saturated heterocycles. The molecule has 112 valence electrons. The number of nitrogens with zero attached hydrogens (tertiary/aromatic N) is 4. The molecule has 2 rings (SSSR count). The standard InChI is InChI=1S/C13H22N4O3/c1-13(2,3)10(8-11(18)19)17-12(14-15-16-17)9-6-4-5-7-20-9/h9-10H,4-8H2,1-3H3,(H,18,19).